The van der Waals surface area contributed by atoms with Gasteiger partial charge in [-0.2, -0.15) is 0 Å². The summed E-state index contributed by atoms with van der Waals surface area (Å²) in [6, 6.07) is -0.622. The monoisotopic (exact) mass is 812 g/mol. The molecule has 2 atom stereocenters. The lowest BCUT2D eigenvalue weighted by atomic mass is 10.0. The topological polar surface area (TPSA) is 69.6 Å². The third-order valence-corrected chi connectivity index (χ3v) is 11.8. The van der Waals surface area contributed by atoms with E-state index >= 15 is 0 Å². The minimum atomic E-state index is -0.838. The van der Waals surface area contributed by atoms with Gasteiger partial charge in [0.05, 0.1) is 18.8 Å². The van der Waals surface area contributed by atoms with Crippen molar-refractivity contribution in [3.8, 4) is 0 Å². The number of nitrogens with one attached hydrogen (secondary N) is 1. The van der Waals surface area contributed by atoms with E-state index in [2.05, 4.69) is 55.6 Å². The molecule has 0 aliphatic carbocycles. The fraction of sp³-hybridized carbons (Fsp3) is 0.833. The lowest BCUT2D eigenvalue weighted by Gasteiger charge is -2.20. The largest absolute Gasteiger partial charge is 0.394 e. The first-order chi connectivity index (χ1) is 28.7. The number of hydrogen-bond donors (Lipinski definition) is 3. The minimum Gasteiger partial charge on any atom is -0.394 e. The molecule has 0 spiro atoms. The van der Waals surface area contributed by atoms with Crippen LogP contribution in [0, 0.1) is 0 Å². The van der Waals surface area contributed by atoms with Crippen molar-refractivity contribution >= 4 is 5.91 Å². The molecule has 0 saturated carbocycles. The summed E-state index contributed by atoms with van der Waals surface area (Å²) < 4.78 is 0. The molecular weight excluding hydrogens is 711 g/mol. The molecule has 4 nitrogen and oxygen atoms in total. The van der Waals surface area contributed by atoms with Gasteiger partial charge in [-0.15, -0.1) is 0 Å². The zero-order valence-electron chi connectivity index (χ0n) is 39.1. The number of carbonyl (C=O) groups is 1. The van der Waals surface area contributed by atoms with Gasteiger partial charge in [-0.1, -0.05) is 255 Å². The highest BCUT2D eigenvalue weighted by atomic mass is 16.3. The van der Waals surface area contributed by atoms with E-state index in [0.717, 1.165) is 38.5 Å². The van der Waals surface area contributed by atoms with Crippen LogP contribution in [0.1, 0.15) is 271 Å². The smallest absolute Gasteiger partial charge is 0.220 e. The Morgan fingerprint density at radius 1 is 0.414 bits per heavy atom. The van der Waals surface area contributed by atoms with Crippen LogP contribution in [-0.4, -0.2) is 34.9 Å². The summed E-state index contributed by atoms with van der Waals surface area (Å²) in [5.41, 5.74) is 0. The Bertz CT molecular complexity index is 923. The maximum atomic E-state index is 12.4. The van der Waals surface area contributed by atoms with E-state index in [1.165, 1.54) is 212 Å². The van der Waals surface area contributed by atoms with Gasteiger partial charge in [0.2, 0.25) is 5.91 Å². The van der Waals surface area contributed by atoms with E-state index in [1.807, 2.05) is 6.08 Å². The maximum absolute atomic E-state index is 12.4. The van der Waals surface area contributed by atoms with Crippen LogP contribution in [0.3, 0.4) is 0 Å². The molecule has 0 fully saturated rings. The zero-order valence-corrected chi connectivity index (χ0v) is 39.1. The second-order valence-corrected chi connectivity index (χ2v) is 17.6. The van der Waals surface area contributed by atoms with Crippen molar-refractivity contribution < 1.29 is 15.0 Å². The first kappa shape index (κ1) is 56.4. The molecule has 340 valence electrons. The van der Waals surface area contributed by atoms with Gasteiger partial charge in [0.25, 0.3) is 0 Å². The third-order valence-electron chi connectivity index (χ3n) is 11.8. The summed E-state index contributed by atoms with van der Waals surface area (Å²) in [6.45, 7) is 4.31. The molecule has 3 N–H and O–H groups in total. The quantitative estimate of drug-likeness (QED) is 0.0423. The predicted octanol–water partition coefficient (Wildman–Crippen LogP) is 16.7. The lowest BCUT2D eigenvalue weighted by Crippen LogP contribution is -2.45. The SMILES string of the molecule is CCCCCCC/C=C\C/C=C\C/C=C\CCCCCCCCCCCCCCCCCCC(=O)NC(CO)C(O)/C=C/CCCCCCCCCCCCCCC. The molecule has 0 bridgehead atoms. The van der Waals surface area contributed by atoms with E-state index in [1.54, 1.807) is 6.08 Å². The molecule has 58 heavy (non-hydrogen) atoms. The van der Waals surface area contributed by atoms with Gasteiger partial charge < -0.3 is 15.5 Å². The molecule has 0 aromatic rings. The Labute approximate surface area is 363 Å². The van der Waals surface area contributed by atoms with Crippen LogP contribution in [0.4, 0.5) is 0 Å². The van der Waals surface area contributed by atoms with Crippen LogP contribution in [0.25, 0.3) is 0 Å². The predicted molar refractivity (Wildman–Crippen MR) is 258 cm³/mol. The van der Waals surface area contributed by atoms with Crippen LogP contribution < -0.4 is 5.32 Å². The van der Waals surface area contributed by atoms with Crippen molar-refractivity contribution in [2.24, 2.45) is 0 Å². The second kappa shape index (κ2) is 49.7. The number of hydrogen-bond acceptors (Lipinski definition) is 3. The number of amides is 1. The highest BCUT2D eigenvalue weighted by molar-refractivity contribution is 5.76. The fourth-order valence-corrected chi connectivity index (χ4v) is 7.83. The van der Waals surface area contributed by atoms with Crippen molar-refractivity contribution in [3.63, 3.8) is 0 Å². The van der Waals surface area contributed by atoms with E-state index in [-0.39, 0.29) is 12.5 Å². The summed E-state index contributed by atoms with van der Waals surface area (Å²) in [5.74, 6) is -0.0627. The Balaban J connectivity index is 3.48. The number of rotatable bonds is 47. The molecular formula is C54H101NO3. The summed E-state index contributed by atoms with van der Waals surface area (Å²) in [7, 11) is 0. The summed E-state index contributed by atoms with van der Waals surface area (Å²) in [4.78, 5) is 12.4. The molecule has 0 aromatic carbocycles. The van der Waals surface area contributed by atoms with E-state index < -0.39 is 12.1 Å². The van der Waals surface area contributed by atoms with Gasteiger partial charge in [-0.3, -0.25) is 4.79 Å². The summed E-state index contributed by atoms with van der Waals surface area (Å²) in [5, 5.41) is 23.1. The number of carbonyl (C=O) groups excluding carboxylic acids is 1. The standard InChI is InChI=1S/C54H101NO3/c1-3-5-7-9-11-13-15-17-19-20-21-22-23-24-25-26-27-28-29-30-31-32-33-34-36-38-40-42-44-46-48-50-54(58)55-52(51-56)53(57)49-47-45-43-41-39-37-35-18-16-14-12-10-8-6-4-2/h15,17,20-21,23-24,47,49,52-53,56-57H,3-14,16,18-19,22,25-46,48,50-51H2,1-2H3,(H,55,58)/b17-15-,21-20-,24-23-,49-47+. The second-order valence-electron chi connectivity index (χ2n) is 17.6. The Morgan fingerprint density at radius 3 is 1.05 bits per heavy atom. The summed E-state index contributed by atoms with van der Waals surface area (Å²) in [6.07, 6.45) is 68.2. The molecule has 0 aliphatic rings. The maximum Gasteiger partial charge on any atom is 0.220 e. The average Bonchev–Trinajstić information content (AvgIpc) is 3.23. The first-order valence-corrected chi connectivity index (χ1v) is 25.9. The molecule has 0 aliphatic heterocycles. The third kappa shape index (κ3) is 45.4. The van der Waals surface area contributed by atoms with Crippen LogP contribution in [0.2, 0.25) is 0 Å². The minimum absolute atomic E-state index is 0.0627. The van der Waals surface area contributed by atoms with Crippen LogP contribution in [-0.2, 0) is 4.79 Å². The number of allylic oxidation sites excluding steroid dienone is 7. The first-order valence-electron chi connectivity index (χ1n) is 25.9. The Kier molecular flexibility index (Phi) is 48.3. The molecule has 1 amide bonds. The van der Waals surface area contributed by atoms with Gasteiger partial charge in [0, 0.05) is 6.42 Å². The molecule has 0 aromatic heterocycles. The molecule has 0 radical (unpaired) electrons. The van der Waals surface area contributed by atoms with Crippen molar-refractivity contribution in [1.82, 2.24) is 5.32 Å². The normalized spacial score (nSPS) is 13.2. The van der Waals surface area contributed by atoms with Gasteiger partial charge in [-0.05, 0) is 57.8 Å². The Hall–Kier alpha value is -1.65. The van der Waals surface area contributed by atoms with Gasteiger partial charge in [0.15, 0.2) is 0 Å². The Morgan fingerprint density at radius 2 is 0.707 bits per heavy atom. The van der Waals surface area contributed by atoms with E-state index in [4.69, 9.17) is 0 Å². The van der Waals surface area contributed by atoms with Crippen LogP contribution in [0.5, 0.6) is 0 Å². The van der Waals surface area contributed by atoms with Crippen molar-refractivity contribution in [3.05, 3.63) is 48.6 Å². The van der Waals surface area contributed by atoms with Crippen molar-refractivity contribution in [1.29, 1.82) is 0 Å². The molecule has 0 rings (SSSR count). The number of unbranched alkanes of at least 4 members (excludes halogenated alkanes) is 34. The highest BCUT2D eigenvalue weighted by Crippen LogP contribution is 2.16. The van der Waals surface area contributed by atoms with Gasteiger partial charge >= 0.3 is 0 Å². The molecule has 0 heterocycles. The van der Waals surface area contributed by atoms with Gasteiger partial charge in [0.1, 0.15) is 0 Å². The van der Waals surface area contributed by atoms with Crippen molar-refractivity contribution in [2.75, 3.05) is 6.61 Å². The highest BCUT2D eigenvalue weighted by Gasteiger charge is 2.18. The average molecular weight is 812 g/mol. The number of aliphatic hydroxyl groups is 2. The van der Waals surface area contributed by atoms with Gasteiger partial charge in [-0.25, -0.2) is 0 Å². The molecule has 2 unspecified atom stereocenters. The molecule has 0 saturated heterocycles. The van der Waals surface area contributed by atoms with Crippen LogP contribution in [0.15, 0.2) is 48.6 Å². The lowest BCUT2D eigenvalue weighted by molar-refractivity contribution is -0.123. The molecule has 4 heteroatoms. The number of aliphatic hydroxyl groups excluding tert-OH is 2. The fourth-order valence-electron chi connectivity index (χ4n) is 7.83. The zero-order chi connectivity index (χ0) is 42.1. The van der Waals surface area contributed by atoms with Crippen molar-refractivity contribution in [2.45, 2.75) is 283 Å². The summed E-state index contributed by atoms with van der Waals surface area (Å²) >= 11 is 0. The van der Waals surface area contributed by atoms with E-state index in [0.29, 0.717) is 6.42 Å². The van der Waals surface area contributed by atoms with E-state index in [9.17, 15) is 15.0 Å². The van der Waals surface area contributed by atoms with Crippen LogP contribution >= 0.6 is 0 Å².